The molecule has 0 radical (unpaired) electrons. The summed E-state index contributed by atoms with van der Waals surface area (Å²) in [7, 11) is -1.49. The van der Waals surface area contributed by atoms with Crippen LogP contribution in [0.25, 0.3) is 0 Å². The Bertz CT molecular complexity index is 476. The number of hydrogen-bond acceptors (Lipinski definition) is 4. The predicted octanol–water partition coefficient (Wildman–Crippen LogP) is 0.862. The van der Waals surface area contributed by atoms with E-state index < -0.39 is 10.0 Å². The monoisotopic (exact) mass is 289 g/mol. The van der Waals surface area contributed by atoms with Crippen LogP contribution in [0.5, 0.6) is 0 Å². The van der Waals surface area contributed by atoms with Gasteiger partial charge in [-0.15, -0.1) is 0 Å². The molecule has 0 spiro atoms. The Morgan fingerprint density at radius 3 is 3.06 bits per heavy atom. The quantitative estimate of drug-likeness (QED) is 0.863. The molecule has 7 heteroatoms. The summed E-state index contributed by atoms with van der Waals surface area (Å²) >= 11 is 1.82. The second kappa shape index (κ2) is 6.10. The fraction of sp³-hybridized carbons (Fsp3) is 0.636. The zero-order chi connectivity index (χ0) is 13.0. The van der Waals surface area contributed by atoms with Gasteiger partial charge in [-0.2, -0.15) is 16.1 Å². The highest BCUT2D eigenvalue weighted by Gasteiger charge is 2.26. The van der Waals surface area contributed by atoms with Crippen molar-refractivity contribution < 1.29 is 8.42 Å². The molecule has 2 rings (SSSR count). The summed E-state index contributed by atoms with van der Waals surface area (Å²) in [5.74, 6) is 1.93. The molecule has 1 aromatic heterocycles. The lowest BCUT2D eigenvalue weighted by Gasteiger charge is -2.18. The third-order valence-electron chi connectivity index (χ3n) is 2.90. The van der Waals surface area contributed by atoms with Crippen LogP contribution in [0, 0.1) is 0 Å². The third kappa shape index (κ3) is 3.09. The van der Waals surface area contributed by atoms with Crippen LogP contribution in [0.1, 0.15) is 12.1 Å². The number of sulfonamides is 1. The molecule has 1 saturated heterocycles. The minimum Gasteiger partial charge on any atom is -0.363 e. The predicted molar refractivity (Wildman–Crippen MR) is 74.3 cm³/mol. The van der Waals surface area contributed by atoms with E-state index in [1.54, 1.807) is 16.6 Å². The van der Waals surface area contributed by atoms with E-state index in [1.807, 2.05) is 18.8 Å². The minimum absolute atomic E-state index is 0.375. The summed E-state index contributed by atoms with van der Waals surface area (Å²) in [5.41, 5.74) is 0.889. The van der Waals surface area contributed by atoms with Gasteiger partial charge in [-0.25, -0.2) is 8.42 Å². The van der Waals surface area contributed by atoms with Crippen molar-refractivity contribution in [1.82, 2.24) is 14.6 Å². The minimum atomic E-state index is -3.32. The molecule has 2 heterocycles. The normalized spacial score (nSPS) is 18.7. The Morgan fingerprint density at radius 1 is 1.44 bits per heavy atom. The first-order valence-corrected chi connectivity index (χ1v) is 8.64. The van der Waals surface area contributed by atoms with Gasteiger partial charge in [-0.3, -0.25) is 0 Å². The fourth-order valence-corrected chi connectivity index (χ4v) is 4.47. The third-order valence-corrected chi connectivity index (χ3v) is 5.83. The maximum absolute atomic E-state index is 12.4. The molecule has 1 aliphatic heterocycles. The van der Waals surface area contributed by atoms with E-state index in [9.17, 15) is 8.42 Å². The number of hydrogen-bond donors (Lipinski definition) is 2. The Balaban J connectivity index is 2.17. The summed E-state index contributed by atoms with van der Waals surface area (Å²) in [4.78, 5) is 3.37. The number of nitrogens with zero attached hydrogens (tertiary/aromatic N) is 1. The van der Waals surface area contributed by atoms with Crippen molar-refractivity contribution in [1.29, 1.82) is 0 Å². The topological polar surface area (TPSA) is 65.2 Å². The molecule has 1 aromatic rings. The molecule has 0 saturated carbocycles. The number of aromatic nitrogens is 1. The molecule has 5 nitrogen and oxygen atoms in total. The zero-order valence-corrected chi connectivity index (χ0v) is 12.1. The van der Waals surface area contributed by atoms with Gasteiger partial charge in [0.15, 0.2) is 0 Å². The molecule has 2 N–H and O–H groups in total. The smallest absolute Gasteiger partial charge is 0.244 e. The Morgan fingerprint density at radius 2 is 2.28 bits per heavy atom. The first-order chi connectivity index (χ1) is 8.64. The highest BCUT2D eigenvalue weighted by Crippen LogP contribution is 2.20. The highest BCUT2D eigenvalue weighted by atomic mass is 32.2. The molecule has 1 fully saturated rings. The van der Waals surface area contributed by atoms with Crippen LogP contribution in [-0.2, 0) is 16.6 Å². The van der Waals surface area contributed by atoms with Gasteiger partial charge in [-0.1, -0.05) is 0 Å². The molecule has 0 atom stereocenters. The van der Waals surface area contributed by atoms with Gasteiger partial charge in [0.05, 0.1) is 4.90 Å². The van der Waals surface area contributed by atoms with Gasteiger partial charge in [0.1, 0.15) is 0 Å². The molecule has 0 aromatic carbocycles. The number of rotatable bonds is 4. The maximum Gasteiger partial charge on any atom is 0.244 e. The lowest BCUT2D eigenvalue weighted by atomic mass is 10.4. The average molecular weight is 289 g/mol. The van der Waals surface area contributed by atoms with Crippen molar-refractivity contribution in [2.75, 3.05) is 31.6 Å². The van der Waals surface area contributed by atoms with E-state index in [4.69, 9.17) is 0 Å². The van der Waals surface area contributed by atoms with Crippen LogP contribution in [0.3, 0.4) is 0 Å². The van der Waals surface area contributed by atoms with Crippen LogP contribution < -0.4 is 5.32 Å². The highest BCUT2D eigenvalue weighted by molar-refractivity contribution is 7.99. The maximum atomic E-state index is 12.4. The SMILES string of the molecule is CNCc1cc(S(=O)(=O)N2CCCSCC2)c[nH]1. The van der Waals surface area contributed by atoms with Crippen molar-refractivity contribution in [3.05, 3.63) is 18.0 Å². The number of nitrogens with one attached hydrogen (secondary N) is 2. The van der Waals surface area contributed by atoms with Crippen molar-refractivity contribution in [2.45, 2.75) is 17.9 Å². The van der Waals surface area contributed by atoms with Crippen LogP contribution in [0.4, 0.5) is 0 Å². The summed E-state index contributed by atoms with van der Waals surface area (Å²) in [6, 6.07) is 1.71. The van der Waals surface area contributed by atoms with Gasteiger partial charge >= 0.3 is 0 Å². The van der Waals surface area contributed by atoms with E-state index in [2.05, 4.69) is 10.3 Å². The standard InChI is InChI=1S/C11H19N3O2S2/c1-12-8-10-7-11(9-13-10)18(15,16)14-3-2-5-17-6-4-14/h7,9,12-13H,2-6,8H2,1H3. The van der Waals surface area contributed by atoms with Gasteiger partial charge in [-0.05, 0) is 25.3 Å². The van der Waals surface area contributed by atoms with Gasteiger partial charge < -0.3 is 10.3 Å². The van der Waals surface area contributed by atoms with Gasteiger partial charge in [0, 0.05) is 37.3 Å². The van der Waals surface area contributed by atoms with Gasteiger partial charge in [0.2, 0.25) is 10.0 Å². The Kier molecular flexibility index (Phi) is 4.71. The van der Waals surface area contributed by atoms with Crippen LogP contribution in [-0.4, -0.2) is 49.3 Å². The Hall–Kier alpha value is -0.500. The van der Waals surface area contributed by atoms with Gasteiger partial charge in [0.25, 0.3) is 0 Å². The zero-order valence-electron chi connectivity index (χ0n) is 10.5. The van der Waals surface area contributed by atoms with Crippen LogP contribution in [0.15, 0.2) is 17.2 Å². The van der Waals surface area contributed by atoms with E-state index in [1.165, 1.54) is 0 Å². The van der Waals surface area contributed by atoms with Crippen LogP contribution >= 0.6 is 11.8 Å². The lowest BCUT2D eigenvalue weighted by Crippen LogP contribution is -2.32. The number of thioether (sulfide) groups is 1. The largest absolute Gasteiger partial charge is 0.363 e. The summed E-state index contributed by atoms with van der Waals surface area (Å²) in [5, 5.41) is 3.00. The molecular formula is C11H19N3O2S2. The van der Waals surface area contributed by atoms with E-state index in [-0.39, 0.29) is 0 Å². The average Bonchev–Trinajstić information content (AvgIpc) is 2.65. The first kappa shape index (κ1) is 13.9. The molecule has 102 valence electrons. The molecule has 0 amide bonds. The van der Waals surface area contributed by atoms with Crippen molar-refractivity contribution in [3.8, 4) is 0 Å². The second-order valence-electron chi connectivity index (χ2n) is 4.26. The van der Waals surface area contributed by atoms with E-state index in [0.717, 1.165) is 23.6 Å². The molecule has 1 aliphatic rings. The van der Waals surface area contributed by atoms with Crippen molar-refractivity contribution in [2.24, 2.45) is 0 Å². The number of H-pyrrole nitrogens is 1. The molecule has 0 aliphatic carbocycles. The summed E-state index contributed by atoms with van der Waals surface area (Å²) in [6.45, 7) is 1.88. The molecule has 0 bridgehead atoms. The van der Waals surface area contributed by atoms with E-state index >= 15 is 0 Å². The lowest BCUT2D eigenvalue weighted by molar-refractivity contribution is 0.435. The molecule has 0 unspecified atom stereocenters. The van der Waals surface area contributed by atoms with Crippen molar-refractivity contribution in [3.63, 3.8) is 0 Å². The summed E-state index contributed by atoms with van der Waals surface area (Å²) in [6.07, 6.45) is 2.51. The fourth-order valence-electron chi connectivity index (χ4n) is 1.97. The van der Waals surface area contributed by atoms with Crippen molar-refractivity contribution >= 4 is 21.8 Å². The molecular weight excluding hydrogens is 270 g/mol. The first-order valence-electron chi connectivity index (χ1n) is 6.04. The second-order valence-corrected chi connectivity index (χ2v) is 7.42. The van der Waals surface area contributed by atoms with Crippen LogP contribution in [0.2, 0.25) is 0 Å². The van der Waals surface area contributed by atoms with E-state index in [0.29, 0.717) is 24.5 Å². The number of aromatic amines is 1. The Labute approximate surface area is 112 Å². The molecule has 18 heavy (non-hydrogen) atoms. The summed E-state index contributed by atoms with van der Waals surface area (Å²) < 4.78 is 26.5.